The Labute approximate surface area is 206 Å². The summed E-state index contributed by atoms with van der Waals surface area (Å²) < 4.78 is 16.5. The maximum absolute atomic E-state index is 13.8. The SMILES string of the molecule is COc1cc(/C=C2/CCc3c2nc2ccccc2c3C(=O)N(C)C2CCCC2)cc(OC)c1OC. The fourth-order valence-corrected chi connectivity index (χ4v) is 5.54. The lowest BCUT2D eigenvalue weighted by Crippen LogP contribution is -2.36. The molecule has 0 aliphatic heterocycles. The van der Waals surface area contributed by atoms with Gasteiger partial charge in [-0.15, -0.1) is 0 Å². The average molecular weight is 473 g/mol. The molecular formula is C29H32N2O4. The Balaban J connectivity index is 1.62. The van der Waals surface area contributed by atoms with Crippen molar-refractivity contribution in [3.05, 3.63) is 58.8 Å². The number of pyridine rings is 1. The number of benzene rings is 2. The monoisotopic (exact) mass is 472 g/mol. The molecule has 0 unspecified atom stereocenters. The largest absolute Gasteiger partial charge is 0.493 e. The fourth-order valence-electron chi connectivity index (χ4n) is 5.54. The quantitative estimate of drug-likeness (QED) is 0.456. The van der Waals surface area contributed by atoms with Gasteiger partial charge in [0.05, 0.1) is 38.1 Å². The first kappa shape index (κ1) is 23.2. The van der Waals surface area contributed by atoms with Crippen molar-refractivity contribution in [2.75, 3.05) is 28.4 Å². The van der Waals surface area contributed by atoms with Crippen LogP contribution >= 0.6 is 0 Å². The molecule has 6 nitrogen and oxygen atoms in total. The number of rotatable bonds is 6. The molecule has 35 heavy (non-hydrogen) atoms. The van der Waals surface area contributed by atoms with Crippen LogP contribution in [0.1, 0.15) is 59.3 Å². The molecule has 1 aromatic heterocycles. The summed E-state index contributed by atoms with van der Waals surface area (Å²) in [4.78, 5) is 20.8. The molecule has 0 spiro atoms. The van der Waals surface area contributed by atoms with Gasteiger partial charge < -0.3 is 19.1 Å². The number of amides is 1. The molecule has 3 aromatic rings. The van der Waals surface area contributed by atoms with Crippen molar-refractivity contribution in [2.24, 2.45) is 0 Å². The Kier molecular flexibility index (Phi) is 6.37. The maximum atomic E-state index is 13.8. The van der Waals surface area contributed by atoms with E-state index in [1.165, 1.54) is 12.8 Å². The minimum absolute atomic E-state index is 0.112. The summed E-state index contributed by atoms with van der Waals surface area (Å²) in [7, 11) is 6.79. The number of carbonyl (C=O) groups excluding carboxylic acids is 1. The molecule has 0 atom stereocenters. The average Bonchev–Trinajstić information content (AvgIpc) is 3.56. The lowest BCUT2D eigenvalue weighted by Gasteiger charge is -2.26. The second kappa shape index (κ2) is 9.61. The van der Waals surface area contributed by atoms with Gasteiger partial charge in [-0.3, -0.25) is 4.79 Å². The highest BCUT2D eigenvalue weighted by atomic mass is 16.5. The zero-order valence-electron chi connectivity index (χ0n) is 20.9. The molecule has 0 saturated heterocycles. The van der Waals surface area contributed by atoms with E-state index in [-0.39, 0.29) is 5.91 Å². The third kappa shape index (κ3) is 4.11. The van der Waals surface area contributed by atoms with E-state index in [0.29, 0.717) is 23.3 Å². The van der Waals surface area contributed by atoms with E-state index in [4.69, 9.17) is 19.2 Å². The lowest BCUT2D eigenvalue weighted by atomic mass is 9.98. The molecule has 6 heteroatoms. The summed E-state index contributed by atoms with van der Waals surface area (Å²) in [5.74, 6) is 1.90. The Morgan fingerprint density at radius 3 is 2.34 bits per heavy atom. The summed E-state index contributed by atoms with van der Waals surface area (Å²) in [6.45, 7) is 0. The molecule has 0 N–H and O–H groups in total. The lowest BCUT2D eigenvalue weighted by molar-refractivity contribution is 0.0736. The van der Waals surface area contributed by atoms with Gasteiger partial charge in [-0.2, -0.15) is 0 Å². The Bertz CT molecular complexity index is 1280. The maximum Gasteiger partial charge on any atom is 0.254 e. The molecule has 2 aliphatic rings. The van der Waals surface area contributed by atoms with Gasteiger partial charge in [-0.1, -0.05) is 31.0 Å². The highest BCUT2D eigenvalue weighted by Gasteiger charge is 2.31. The van der Waals surface area contributed by atoms with Gasteiger partial charge in [0.1, 0.15) is 0 Å². The van der Waals surface area contributed by atoms with E-state index in [1.54, 1.807) is 21.3 Å². The van der Waals surface area contributed by atoms with Crippen LogP contribution in [-0.2, 0) is 6.42 Å². The van der Waals surface area contributed by atoms with Crippen molar-refractivity contribution in [3.63, 3.8) is 0 Å². The summed E-state index contributed by atoms with van der Waals surface area (Å²) in [6.07, 6.45) is 8.29. The number of carbonyl (C=O) groups is 1. The molecule has 1 amide bonds. The zero-order chi connectivity index (χ0) is 24.5. The first-order valence-corrected chi connectivity index (χ1v) is 12.3. The van der Waals surface area contributed by atoms with Crippen LogP contribution in [0, 0.1) is 0 Å². The highest BCUT2D eigenvalue weighted by Crippen LogP contribution is 2.42. The van der Waals surface area contributed by atoms with Crippen LogP contribution in [0.15, 0.2) is 36.4 Å². The Hall–Kier alpha value is -3.54. The van der Waals surface area contributed by atoms with Gasteiger partial charge >= 0.3 is 0 Å². The molecule has 2 aliphatic carbocycles. The summed E-state index contributed by atoms with van der Waals surface area (Å²) in [6, 6.07) is 12.2. The molecule has 182 valence electrons. The van der Waals surface area contributed by atoms with Crippen molar-refractivity contribution in [1.82, 2.24) is 9.88 Å². The van der Waals surface area contributed by atoms with Crippen LogP contribution in [0.4, 0.5) is 0 Å². The highest BCUT2D eigenvalue weighted by molar-refractivity contribution is 6.09. The van der Waals surface area contributed by atoms with Gasteiger partial charge in [-0.05, 0) is 66.7 Å². The molecular weight excluding hydrogens is 440 g/mol. The number of hydrogen-bond acceptors (Lipinski definition) is 5. The number of para-hydroxylation sites is 1. The van der Waals surface area contributed by atoms with Crippen molar-refractivity contribution in [1.29, 1.82) is 0 Å². The first-order valence-electron chi connectivity index (χ1n) is 12.3. The topological polar surface area (TPSA) is 60.9 Å². The van der Waals surface area contributed by atoms with Crippen molar-refractivity contribution >= 4 is 28.5 Å². The molecule has 0 radical (unpaired) electrons. The molecule has 5 rings (SSSR count). The van der Waals surface area contributed by atoms with Gasteiger partial charge in [-0.25, -0.2) is 4.98 Å². The van der Waals surface area contributed by atoms with Crippen LogP contribution in [0.2, 0.25) is 0 Å². The third-order valence-electron chi connectivity index (χ3n) is 7.38. The number of hydrogen-bond donors (Lipinski definition) is 0. The van der Waals surface area contributed by atoms with E-state index in [0.717, 1.165) is 64.5 Å². The standard InChI is InChI=1S/C29H32N2O4/c1-31(20-9-5-6-10-20)29(32)26-21-11-7-8-12-23(21)30-27-19(13-14-22(26)27)15-18-16-24(33-2)28(35-4)25(17-18)34-3/h7-8,11-12,15-17,20H,5-6,9-10,13-14H2,1-4H3/b19-15-. The van der Waals surface area contributed by atoms with Crippen LogP contribution in [0.25, 0.3) is 22.6 Å². The van der Waals surface area contributed by atoms with Gasteiger partial charge in [0.25, 0.3) is 5.91 Å². The zero-order valence-corrected chi connectivity index (χ0v) is 20.9. The number of methoxy groups -OCH3 is 3. The smallest absolute Gasteiger partial charge is 0.254 e. The van der Waals surface area contributed by atoms with E-state index < -0.39 is 0 Å². The molecule has 1 fully saturated rings. The van der Waals surface area contributed by atoms with Gasteiger partial charge in [0.15, 0.2) is 11.5 Å². The number of nitrogens with zero attached hydrogens (tertiary/aromatic N) is 2. The number of aromatic nitrogens is 1. The summed E-state index contributed by atoms with van der Waals surface area (Å²) in [5.41, 5.74) is 5.68. The number of allylic oxidation sites excluding steroid dienone is 1. The molecule has 2 aromatic carbocycles. The van der Waals surface area contributed by atoms with E-state index in [2.05, 4.69) is 6.08 Å². The van der Waals surface area contributed by atoms with Gasteiger partial charge in [0, 0.05) is 18.5 Å². The minimum atomic E-state index is 0.112. The van der Waals surface area contributed by atoms with Crippen LogP contribution < -0.4 is 14.2 Å². The first-order chi connectivity index (χ1) is 17.0. The second-order valence-electron chi connectivity index (χ2n) is 9.31. The van der Waals surface area contributed by atoms with Crippen LogP contribution in [-0.4, -0.2) is 50.2 Å². The Morgan fingerprint density at radius 2 is 1.69 bits per heavy atom. The van der Waals surface area contributed by atoms with E-state index >= 15 is 0 Å². The second-order valence-corrected chi connectivity index (χ2v) is 9.31. The summed E-state index contributed by atoms with van der Waals surface area (Å²) in [5, 5.41) is 0.940. The predicted octanol–water partition coefficient (Wildman–Crippen LogP) is 5.76. The Morgan fingerprint density at radius 1 is 1.00 bits per heavy atom. The van der Waals surface area contributed by atoms with Crippen molar-refractivity contribution in [2.45, 2.75) is 44.6 Å². The van der Waals surface area contributed by atoms with E-state index in [1.807, 2.05) is 48.3 Å². The third-order valence-corrected chi connectivity index (χ3v) is 7.38. The minimum Gasteiger partial charge on any atom is -0.493 e. The summed E-state index contributed by atoms with van der Waals surface area (Å²) >= 11 is 0. The molecule has 1 heterocycles. The van der Waals surface area contributed by atoms with Crippen LogP contribution in [0.3, 0.4) is 0 Å². The molecule has 1 saturated carbocycles. The normalized spacial score (nSPS) is 16.5. The van der Waals surface area contributed by atoms with Crippen LogP contribution in [0.5, 0.6) is 17.2 Å². The predicted molar refractivity (Wildman–Crippen MR) is 138 cm³/mol. The van der Waals surface area contributed by atoms with Crippen molar-refractivity contribution in [3.8, 4) is 17.2 Å². The van der Waals surface area contributed by atoms with Crippen molar-refractivity contribution < 1.29 is 19.0 Å². The molecule has 0 bridgehead atoms. The van der Waals surface area contributed by atoms with Gasteiger partial charge in [0.2, 0.25) is 5.75 Å². The fraction of sp³-hybridized carbons (Fsp3) is 0.379. The number of ether oxygens (including phenoxy) is 3. The van der Waals surface area contributed by atoms with E-state index in [9.17, 15) is 4.79 Å². The number of fused-ring (bicyclic) bond motifs is 2.